The molecule has 1 saturated heterocycles. The van der Waals surface area contributed by atoms with Gasteiger partial charge in [0, 0.05) is 55.4 Å². The summed E-state index contributed by atoms with van der Waals surface area (Å²) in [7, 11) is 1.86. The topological polar surface area (TPSA) is 111 Å². The Morgan fingerprint density at radius 1 is 1.28 bits per heavy atom. The second kappa shape index (κ2) is 10.8. The number of aldehydes is 1. The molecule has 4 N–H and O–H groups in total. The molecule has 1 aliphatic rings. The van der Waals surface area contributed by atoms with Crippen molar-refractivity contribution < 1.29 is 14.3 Å². The molecule has 0 unspecified atom stereocenters. The zero-order valence-corrected chi connectivity index (χ0v) is 18.4. The summed E-state index contributed by atoms with van der Waals surface area (Å²) in [5.74, 6) is -0.533. The monoisotopic (exact) mass is 434 g/mol. The highest BCUT2D eigenvalue weighted by atomic mass is 16.5. The highest BCUT2D eigenvalue weighted by molar-refractivity contribution is 6.11. The number of fused-ring (bicyclic) bond motifs is 1. The fourth-order valence-electron chi connectivity index (χ4n) is 3.83. The SMILES string of the molecule is C=C(CN(C)Cc1c(C=O)ccc2ccc(/C(C=NC3CCOCC3)=C/N)cc12)C(N)=O. The minimum atomic E-state index is -0.533. The van der Waals surface area contributed by atoms with Crippen LogP contribution in [0, 0.1) is 0 Å². The van der Waals surface area contributed by atoms with Gasteiger partial charge in [-0.2, -0.15) is 0 Å². The van der Waals surface area contributed by atoms with Crippen molar-refractivity contribution in [2.45, 2.75) is 25.4 Å². The van der Waals surface area contributed by atoms with Gasteiger partial charge < -0.3 is 16.2 Å². The summed E-state index contributed by atoms with van der Waals surface area (Å²) in [5.41, 5.74) is 14.8. The Bertz CT molecular complexity index is 1070. The van der Waals surface area contributed by atoms with Crippen LogP contribution in [0.2, 0.25) is 0 Å². The van der Waals surface area contributed by atoms with Crippen molar-refractivity contribution in [1.29, 1.82) is 0 Å². The molecule has 0 spiro atoms. The number of rotatable bonds is 9. The molecule has 0 aromatic heterocycles. The minimum Gasteiger partial charge on any atom is -0.404 e. The highest BCUT2D eigenvalue weighted by Crippen LogP contribution is 2.27. The van der Waals surface area contributed by atoms with Gasteiger partial charge in [-0.25, -0.2) is 0 Å². The van der Waals surface area contributed by atoms with Crippen molar-refractivity contribution in [3.8, 4) is 0 Å². The first-order valence-corrected chi connectivity index (χ1v) is 10.6. The molecular weight excluding hydrogens is 404 g/mol. The number of ether oxygens (including phenoxy) is 1. The quantitative estimate of drug-likeness (QED) is 0.358. The minimum absolute atomic E-state index is 0.239. The Morgan fingerprint density at radius 3 is 2.66 bits per heavy atom. The van der Waals surface area contributed by atoms with Crippen LogP contribution in [0.25, 0.3) is 16.3 Å². The van der Waals surface area contributed by atoms with E-state index in [0.29, 0.717) is 24.2 Å². The molecule has 1 heterocycles. The van der Waals surface area contributed by atoms with E-state index >= 15 is 0 Å². The molecule has 32 heavy (non-hydrogen) atoms. The van der Waals surface area contributed by atoms with E-state index in [0.717, 1.165) is 59.8 Å². The van der Waals surface area contributed by atoms with Crippen LogP contribution in [0.5, 0.6) is 0 Å². The molecular formula is C25H30N4O3. The van der Waals surface area contributed by atoms with E-state index in [-0.39, 0.29) is 6.04 Å². The lowest BCUT2D eigenvalue weighted by Gasteiger charge is -2.20. The van der Waals surface area contributed by atoms with E-state index < -0.39 is 5.91 Å². The second-order valence-corrected chi connectivity index (χ2v) is 8.07. The molecule has 1 aliphatic heterocycles. The van der Waals surface area contributed by atoms with Crippen molar-refractivity contribution in [3.63, 3.8) is 0 Å². The van der Waals surface area contributed by atoms with Gasteiger partial charge >= 0.3 is 0 Å². The number of carbonyl (C=O) groups is 2. The van der Waals surface area contributed by atoms with Gasteiger partial charge in [-0.05, 0) is 47.9 Å². The lowest BCUT2D eigenvalue weighted by atomic mass is 9.95. The van der Waals surface area contributed by atoms with Crippen molar-refractivity contribution in [2.24, 2.45) is 16.5 Å². The zero-order valence-electron chi connectivity index (χ0n) is 18.4. The molecule has 1 amide bonds. The van der Waals surface area contributed by atoms with Gasteiger partial charge in [0.2, 0.25) is 5.91 Å². The third kappa shape index (κ3) is 5.69. The fraction of sp³-hybridized carbons (Fsp3) is 0.320. The van der Waals surface area contributed by atoms with E-state index in [1.165, 1.54) is 0 Å². The van der Waals surface area contributed by atoms with Gasteiger partial charge in [-0.15, -0.1) is 0 Å². The van der Waals surface area contributed by atoms with Crippen molar-refractivity contribution >= 4 is 34.8 Å². The lowest BCUT2D eigenvalue weighted by molar-refractivity contribution is -0.114. The lowest BCUT2D eigenvalue weighted by Crippen LogP contribution is -2.27. The number of benzene rings is 2. The summed E-state index contributed by atoms with van der Waals surface area (Å²) in [6.45, 7) is 5.95. The number of amides is 1. The zero-order chi connectivity index (χ0) is 23.1. The molecule has 7 nitrogen and oxygen atoms in total. The van der Waals surface area contributed by atoms with Gasteiger partial charge in [-0.3, -0.25) is 19.5 Å². The average Bonchev–Trinajstić information content (AvgIpc) is 2.80. The Hall–Kier alpha value is -3.29. The van der Waals surface area contributed by atoms with Crippen LogP contribution in [-0.4, -0.2) is 56.2 Å². The van der Waals surface area contributed by atoms with E-state index in [4.69, 9.17) is 21.2 Å². The van der Waals surface area contributed by atoms with Gasteiger partial charge in [-0.1, -0.05) is 30.8 Å². The number of aliphatic imine (C=N–C) groups is 1. The summed E-state index contributed by atoms with van der Waals surface area (Å²) in [5, 5.41) is 1.96. The Balaban J connectivity index is 1.94. The summed E-state index contributed by atoms with van der Waals surface area (Å²) in [6.07, 6.45) is 6.04. The largest absolute Gasteiger partial charge is 0.404 e. The molecule has 1 fully saturated rings. The summed E-state index contributed by atoms with van der Waals surface area (Å²) < 4.78 is 5.39. The summed E-state index contributed by atoms with van der Waals surface area (Å²) in [6, 6.07) is 10.0. The number of hydrogen-bond acceptors (Lipinski definition) is 6. The van der Waals surface area contributed by atoms with Crippen LogP contribution < -0.4 is 11.5 Å². The molecule has 0 saturated carbocycles. The highest BCUT2D eigenvalue weighted by Gasteiger charge is 2.14. The van der Waals surface area contributed by atoms with Crippen LogP contribution in [0.15, 0.2) is 53.7 Å². The number of nitrogens with zero attached hydrogens (tertiary/aromatic N) is 2. The fourth-order valence-corrected chi connectivity index (χ4v) is 3.83. The first-order valence-electron chi connectivity index (χ1n) is 10.6. The summed E-state index contributed by atoms with van der Waals surface area (Å²) in [4.78, 5) is 29.7. The number of carbonyl (C=O) groups excluding carboxylic acids is 2. The molecule has 3 rings (SSSR count). The number of likely N-dealkylation sites (N-methyl/N-ethyl adjacent to an activating group) is 1. The first kappa shape index (κ1) is 23.4. The number of allylic oxidation sites excluding steroid dienone is 1. The van der Waals surface area contributed by atoms with Crippen LogP contribution in [0.1, 0.15) is 34.3 Å². The second-order valence-electron chi connectivity index (χ2n) is 8.07. The molecule has 2 aromatic rings. The van der Waals surface area contributed by atoms with Crippen LogP contribution >= 0.6 is 0 Å². The van der Waals surface area contributed by atoms with Gasteiger partial charge in [0.15, 0.2) is 0 Å². The third-order valence-electron chi connectivity index (χ3n) is 5.66. The van der Waals surface area contributed by atoms with Gasteiger partial charge in [0.25, 0.3) is 0 Å². The molecule has 7 heteroatoms. The van der Waals surface area contributed by atoms with Crippen molar-refractivity contribution in [2.75, 3.05) is 26.8 Å². The van der Waals surface area contributed by atoms with Crippen LogP contribution in [0.3, 0.4) is 0 Å². The first-order chi connectivity index (χ1) is 15.4. The Labute approximate surface area is 188 Å². The normalized spacial score (nSPS) is 15.5. The molecule has 0 atom stereocenters. The number of hydrogen-bond donors (Lipinski definition) is 2. The molecule has 0 aliphatic carbocycles. The van der Waals surface area contributed by atoms with E-state index in [1.54, 1.807) is 6.20 Å². The molecule has 0 radical (unpaired) electrons. The predicted octanol–water partition coefficient (Wildman–Crippen LogP) is 2.67. The Morgan fingerprint density at radius 2 is 2.00 bits per heavy atom. The van der Waals surface area contributed by atoms with Crippen molar-refractivity contribution in [3.05, 3.63) is 65.4 Å². The smallest absolute Gasteiger partial charge is 0.245 e. The van der Waals surface area contributed by atoms with E-state index in [9.17, 15) is 9.59 Å². The maximum Gasteiger partial charge on any atom is 0.245 e. The maximum atomic E-state index is 11.8. The van der Waals surface area contributed by atoms with Gasteiger partial charge in [0.1, 0.15) is 6.29 Å². The van der Waals surface area contributed by atoms with E-state index in [2.05, 4.69) is 6.58 Å². The standard InChI is InChI=1S/C25H30N4O3/c1-17(25(27)31)14-29(2)15-24-20(16-30)6-4-18-3-5-19(11-23(18)24)21(12-26)13-28-22-7-9-32-10-8-22/h3-6,11-13,16,22H,1,7-10,14-15,26H2,2H3,(H2,27,31)/b21-12+,28-13?. The molecule has 2 aromatic carbocycles. The van der Waals surface area contributed by atoms with Crippen molar-refractivity contribution in [1.82, 2.24) is 4.90 Å². The number of nitrogens with two attached hydrogens (primary N) is 2. The maximum absolute atomic E-state index is 11.8. The predicted molar refractivity (Wildman–Crippen MR) is 129 cm³/mol. The van der Waals surface area contributed by atoms with E-state index in [1.807, 2.05) is 48.5 Å². The Kier molecular flexibility index (Phi) is 7.92. The summed E-state index contributed by atoms with van der Waals surface area (Å²) >= 11 is 0. The molecule has 0 bridgehead atoms. The van der Waals surface area contributed by atoms with Crippen LogP contribution in [0.4, 0.5) is 0 Å². The van der Waals surface area contributed by atoms with Gasteiger partial charge in [0.05, 0.1) is 6.04 Å². The third-order valence-corrected chi connectivity index (χ3v) is 5.66. The average molecular weight is 435 g/mol. The van der Waals surface area contributed by atoms with Crippen LogP contribution in [-0.2, 0) is 16.1 Å². The molecule has 168 valence electrons. The number of primary amides is 1.